The maximum atomic E-state index is 11.3. The van der Waals surface area contributed by atoms with Crippen LogP contribution in [0.1, 0.15) is 32.8 Å². The first kappa shape index (κ1) is 11.0. The monoisotopic (exact) mass is 219 g/mol. The summed E-state index contributed by atoms with van der Waals surface area (Å²) in [7, 11) is 0. The summed E-state index contributed by atoms with van der Waals surface area (Å²) in [5.74, 6) is 0.883. The molecular formula is C13H17NO2. The molecule has 1 aliphatic heterocycles. The number of benzene rings is 1. The Bertz CT molecular complexity index is 418. The van der Waals surface area contributed by atoms with Crippen LogP contribution in [0.5, 0.6) is 5.75 Å². The molecule has 0 saturated carbocycles. The van der Waals surface area contributed by atoms with E-state index in [2.05, 4.69) is 5.32 Å². The van der Waals surface area contributed by atoms with E-state index in [1.165, 1.54) is 5.56 Å². The van der Waals surface area contributed by atoms with Crippen LogP contribution in [0.25, 0.3) is 0 Å². The van der Waals surface area contributed by atoms with Crippen molar-refractivity contribution >= 4 is 11.6 Å². The number of hydrogen-bond acceptors (Lipinski definition) is 2. The number of amides is 1. The Morgan fingerprint density at radius 3 is 2.69 bits per heavy atom. The van der Waals surface area contributed by atoms with Gasteiger partial charge in [-0.2, -0.15) is 0 Å². The van der Waals surface area contributed by atoms with E-state index in [-0.39, 0.29) is 11.5 Å². The lowest BCUT2D eigenvalue weighted by Gasteiger charge is -2.23. The molecule has 86 valence electrons. The number of anilines is 1. The molecule has 0 unspecified atom stereocenters. The van der Waals surface area contributed by atoms with Gasteiger partial charge in [0.15, 0.2) is 0 Å². The molecule has 1 amide bonds. The van der Waals surface area contributed by atoms with Gasteiger partial charge < -0.3 is 10.1 Å². The minimum atomic E-state index is -0.215. The second-order valence-electron chi connectivity index (χ2n) is 5.08. The highest BCUT2D eigenvalue weighted by Gasteiger charge is 2.17. The van der Waals surface area contributed by atoms with Gasteiger partial charge in [0.25, 0.3) is 0 Å². The third kappa shape index (κ3) is 2.54. The van der Waals surface area contributed by atoms with Crippen molar-refractivity contribution < 1.29 is 9.53 Å². The molecule has 0 spiro atoms. The molecule has 1 N–H and O–H groups in total. The molecule has 3 nitrogen and oxygen atoms in total. The molecule has 1 aromatic carbocycles. The summed E-state index contributed by atoms with van der Waals surface area (Å²) in [5.41, 5.74) is 1.85. The van der Waals surface area contributed by atoms with Gasteiger partial charge in [-0.25, -0.2) is 0 Å². The molecule has 0 bridgehead atoms. The lowest BCUT2D eigenvalue weighted by molar-refractivity contribution is -0.116. The van der Waals surface area contributed by atoms with Gasteiger partial charge in [0, 0.05) is 18.2 Å². The predicted molar refractivity (Wildman–Crippen MR) is 63.8 cm³/mol. The summed E-state index contributed by atoms with van der Waals surface area (Å²) < 4.78 is 5.75. The molecule has 0 radical (unpaired) electrons. The van der Waals surface area contributed by atoms with Crippen molar-refractivity contribution in [3.05, 3.63) is 23.8 Å². The molecule has 1 aromatic rings. The van der Waals surface area contributed by atoms with E-state index < -0.39 is 0 Å². The number of aryl methyl sites for hydroxylation is 1. The minimum Gasteiger partial charge on any atom is -0.488 e. The van der Waals surface area contributed by atoms with Crippen molar-refractivity contribution in [1.29, 1.82) is 0 Å². The maximum Gasteiger partial charge on any atom is 0.224 e. The Balaban J connectivity index is 2.24. The van der Waals surface area contributed by atoms with Gasteiger partial charge in [0.1, 0.15) is 11.4 Å². The maximum absolute atomic E-state index is 11.3. The van der Waals surface area contributed by atoms with Crippen LogP contribution in [0, 0.1) is 0 Å². The van der Waals surface area contributed by atoms with Gasteiger partial charge in [0.05, 0.1) is 0 Å². The highest BCUT2D eigenvalue weighted by Crippen LogP contribution is 2.28. The van der Waals surface area contributed by atoms with Crippen molar-refractivity contribution in [2.75, 3.05) is 5.32 Å². The van der Waals surface area contributed by atoms with Gasteiger partial charge in [-0.15, -0.1) is 0 Å². The van der Waals surface area contributed by atoms with E-state index in [1.807, 2.05) is 39.0 Å². The summed E-state index contributed by atoms with van der Waals surface area (Å²) >= 11 is 0. The van der Waals surface area contributed by atoms with Crippen molar-refractivity contribution in [3.63, 3.8) is 0 Å². The molecule has 2 rings (SSSR count). The first-order valence-corrected chi connectivity index (χ1v) is 5.56. The van der Waals surface area contributed by atoms with Gasteiger partial charge in [-0.3, -0.25) is 4.79 Å². The van der Waals surface area contributed by atoms with Crippen molar-refractivity contribution in [2.45, 2.75) is 39.2 Å². The van der Waals surface area contributed by atoms with Gasteiger partial charge in [-0.1, -0.05) is 6.07 Å². The zero-order valence-corrected chi connectivity index (χ0v) is 9.96. The minimum absolute atomic E-state index is 0.0837. The first-order chi connectivity index (χ1) is 7.44. The Hall–Kier alpha value is -1.51. The van der Waals surface area contributed by atoms with Crippen LogP contribution in [0.4, 0.5) is 5.69 Å². The first-order valence-electron chi connectivity index (χ1n) is 5.56. The van der Waals surface area contributed by atoms with Gasteiger partial charge >= 0.3 is 0 Å². The molecule has 0 atom stereocenters. The number of carbonyl (C=O) groups is 1. The van der Waals surface area contributed by atoms with Crippen LogP contribution < -0.4 is 10.1 Å². The van der Waals surface area contributed by atoms with Gasteiger partial charge in [-0.05, 0) is 38.8 Å². The fourth-order valence-electron chi connectivity index (χ4n) is 1.77. The molecule has 16 heavy (non-hydrogen) atoms. The largest absolute Gasteiger partial charge is 0.488 e. The smallest absolute Gasteiger partial charge is 0.224 e. The molecule has 0 aromatic heterocycles. The number of fused-ring (bicyclic) bond motifs is 1. The van der Waals surface area contributed by atoms with Crippen LogP contribution in [-0.4, -0.2) is 11.5 Å². The fraction of sp³-hybridized carbons (Fsp3) is 0.462. The predicted octanol–water partition coefficient (Wildman–Crippen LogP) is 2.75. The van der Waals surface area contributed by atoms with Crippen LogP contribution in [0.15, 0.2) is 18.2 Å². The second-order valence-corrected chi connectivity index (χ2v) is 5.08. The Kier molecular flexibility index (Phi) is 2.62. The van der Waals surface area contributed by atoms with Crippen LogP contribution in [0.3, 0.4) is 0 Å². The summed E-state index contributed by atoms with van der Waals surface area (Å²) in [6.07, 6.45) is 1.39. The SMILES string of the molecule is CC(C)(C)Oc1ccc2c(c1)NC(=O)CC2. The highest BCUT2D eigenvalue weighted by molar-refractivity contribution is 5.94. The Morgan fingerprint density at radius 2 is 2.00 bits per heavy atom. The molecule has 0 saturated heterocycles. The van der Waals surface area contributed by atoms with E-state index in [1.54, 1.807) is 0 Å². The zero-order valence-electron chi connectivity index (χ0n) is 9.96. The van der Waals surface area contributed by atoms with Crippen molar-refractivity contribution in [1.82, 2.24) is 0 Å². The normalized spacial score (nSPS) is 15.3. The lowest BCUT2D eigenvalue weighted by atomic mass is 10.0. The summed E-state index contributed by atoms with van der Waals surface area (Å²) in [6.45, 7) is 6.01. The molecule has 3 heteroatoms. The van der Waals surface area contributed by atoms with Crippen molar-refractivity contribution in [2.24, 2.45) is 0 Å². The second kappa shape index (κ2) is 3.81. The van der Waals surface area contributed by atoms with Crippen LogP contribution in [0.2, 0.25) is 0 Å². The molecule has 1 aliphatic rings. The number of ether oxygens (including phenoxy) is 1. The van der Waals surface area contributed by atoms with Crippen LogP contribution >= 0.6 is 0 Å². The third-order valence-electron chi connectivity index (χ3n) is 2.40. The van der Waals surface area contributed by atoms with E-state index in [4.69, 9.17) is 4.74 Å². The van der Waals surface area contributed by atoms with Crippen LogP contribution in [-0.2, 0) is 11.2 Å². The number of hydrogen-bond donors (Lipinski definition) is 1. The van der Waals surface area contributed by atoms with E-state index in [0.29, 0.717) is 6.42 Å². The average Bonchev–Trinajstić information content (AvgIpc) is 2.14. The third-order valence-corrected chi connectivity index (χ3v) is 2.40. The number of rotatable bonds is 1. The molecular weight excluding hydrogens is 202 g/mol. The Morgan fingerprint density at radius 1 is 1.25 bits per heavy atom. The Labute approximate surface area is 95.8 Å². The van der Waals surface area contributed by atoms with E-state index >= 15 is 0 Å². The van der Waals surface area contributed by atoms with E-state index in [0.717, 1.165) is 17.9 Å². The van der Waals surface area contributed by atoms with E-state index in [9.17, 15) is 4.79 Å². The standard InChI is InChI=1S/C13H17NO2/c1-13(2,3)16-10-6-4-9-5-7-12(15)14-11(9)8-10/h4,6,8H,5,7H2,1-3H3,(H,14,15). The number of nitrogens with one attached hydrogen (secondary N) is 1. The lowest BCUT2D eigenvalue weighted by Crippen LogP contribution is -2.23. The topological polar surface area (TPSA) is 38.3 Å². The average molecular weight is 219 g/mol. The van der Waals surface area contributed by atoms with Gasteiger partial charge in [0.2, 0.25) is 5.91 Å². The molecule has 1 heterocycles. The summed E-state index contributed by atoms with van der Waals surface area (Å²) in [5, 5.41) is 2.87. The molecule has 0 fully saturated rings. The zero-order chi connectivity index (χ0) is 11.8. The fourth-order valence-corrected chi connectivity index (χ4v) is 1.77. The summed E-state index contributed by atoms with van der Waals surface area (Å²) in [6, 6.07) is 5.88. The van der Waals surface area contributed by atoms with Crippen molar-refractivity contribution in [3.8, 4) is 5.75 Å². The molecule has 0 aliphatic carbocycles. The number of carbonyl (C=O) groups excluding carboxylic acids is 1. The summed E-state index contributed by atoms with van der Waals surface area (Å²) in [4.78, 5) is 11.3. The quantitative estimate of drug-likeness (QED) is 0.788. The highest BCUT2D eigenvalue weighted by atomic mass is 16.5.